The molecule has 3 aliphatic heterocycles. The first-order valence-corrected chi connectivity index (χ1v) is 16.1. The molecule has 1 N–H and O–H groups in total. The normalized spacial score (nSPS) is 19.0. The average Bonchev–Trinajstić information content (AvgIpc) is 3.07. The lowest BCUT2D eigenvalue weighted by Gasteiger charge is -2.44. The van der Waals surface area contributed by atoms with Gasteiger partial charge in [0.2, 0.25) is 5.91 Å². The summed E-state index contributed by atoms with van der Waals surface area (Å²) in [5.41, 5.74) is 4.07. The number of halogens is 2. The second-order valence-corrected chi connectivity index (χ2v) is 12.8. The van der Waals surface area contributed by atoms with Gasteiger partial charge in [-0.1, -0.05) is 41.9 Å². The van der Waals surface area contributed by atoms with Crippen LogP contribution in [0.25, 0.3) is 0 Å². The van der Waals surface area contributed by atoms with Gasteiger partial charge in [-0.2, -0.15) is 0 Å². The standard InChI is InChI=1S/C36H35ClFN5O3/c37-29-8-4-9-30(38)28(29)20-34(44)39-31-19-25(36(46)41-16-14-40(15-17-41)27-6-2-1-3-7-27)12-13-33(31)42-21-24-18-26(23-42)32-10-5-11-35(45)43(32)22-24/h1-13,19,24,26H,14-18,20-23H2,(H,39,44)/t24-,26+/m1/s1. The van der Waals surface area contributed by atoms with E-state index in [0.717, 1.165) is 36.6 Å². The number of piperidine rings is 1. The van der Waals surface area contributed by atoms with Crippen LogP contribution in [0.1, 0.15) is 34.0 Å². The summed E-state index contributed by atoms with van der Waals surface area (Å²) < 4.78 is 16.4. The molecule has 46 heavy (non-hydrogen) atoms. The maximum Gasteiger partial charge on any atom is 0.254 e. The number of piperazine rings is 1. The number of nitrogens with one attached hydrogen (secondary N) is 1. The van der Waals surface area contributed by atoms with E-state index in [2.05, 4.69) is 27.2 Å². The molecule has 4 aromatic rings. The molecule has 2 saturated heterocycles. The second-order valence-electron chi connectivity index (χ2n) is 12.4. The van der Waals surface area contributed by atoms with Gasteiger partial charge in [0.25, 0.3) is 11.5 Å². The number of carbonyl (C=O) groups is 2. The summed E-state index contributed by atoms with van der Waals surface area (Å²) in [6.45, 7) is 4.62. The number of fused-ring (bicyclic) bond motifs is 4. The van der Waals surface area contributed by atoms with Crippen LogP contribution < -0.4 is 20.7 Å². The topological polar surface area (TPSA) is 77.9 Å². The number of rotatable bonds is 6. The van der Waals surface area contributed by atoms with Gasteiger partial charge >= 0.3 is 0 Å². The summed E-state index contributed by atoms with van der Waals surface area (Å²) in [6.07, 6.45) is 0.741. The van der Waals surface area contributed by atoms with E-state index in [-0.39, 0.29) is 40.3 Å². The van der Waals surface area contributed by atoms with Gasteiger partial charge in [0.05, 0.1) is 17.8 Å². The fourth-order valence-corrected chi connectivity index (χ4v) is 7.41. The SMILES string of the molecule is O=C(Cc1c(F)cccc1Cl)Nc1cc(C(=O)N2CCN(c3ccccc3)CC2)ccc1N1C[C@H]2C[C@@H](C1)c1cccc(=O)n1C2. The largest absolute Gasteiger partial charge is 0.369 e. The summed E-state index contributed by atoms with van der Waals surface area (Å²) >= 11 is 6.23. The molecule has 7 rings (SSSR count). The molecule has 3 aromatic carbocycles. The third-order valence-electron chi connectivity index (χ3n) is 9.43. The molecule has 0 spiro atoms. The van der Waals surface area contributed by atoms with Crippen LogP contribution in [0, 0.1) is 11.7 Å². The Labute approximate surface area is 272 Å². The van der Waals surface area contributed by atoms with Crippen molar-refractivity contribution in [2.75, 3.05) is 54.4 Å². The van der Waals surface area contributed by atoms with Crippen molar-refractivity contribution in [1.82, 2.24) is 9.47 Å². The van der Waals surface area contributed by atoms with Crippen molar-refractivity contribution >= 4 is 40.5 Å². The monoisotopic (exact) mass is 639 g/mol. The molecule has 4 heterocycles. The van der Waals surface area contributed by atoms with Gasteiger partial charge in [-0.15, -0.1) is 0 Å². The Bertz CT molecular complexity index is 1820. The predicted molar refractivity (Wildman–Crippen MR) is 179 cm³/mol. The van der Waals surface area contributed by atoms with E-state index in [1.165, 1.54) is 12.1 Å². The van der Waals surface area contributed by atoms with Gasteiger partial charge in [0.15, 0.2) is 0 Å². The first-order valence-electron chi connectivity index (χ1n) is 15.7. The molecular weight excluding hydrogens is 605 g/mol. The molecule has 1 aromatic heterocycles. The molecular formula is C36H35ClFN5O3. The van der Waals surface area contributed by atoms with E-state index in [4.69, 9.17) is 11.6 Å². The number of nitrogens with zero attached hydrogens (tertiary/aromatic N) is 4. The summed E-state index contributed by atoms with van der Waals surface area (Å²) in [7, 11) is 0. The number of para-hydroxylation sites is 1. The van der Waals surface area contributed by atoms with Crippen molar-refractivity contribution in [1.29, 1.82) is 0 Å². The number of pyridine rings is 1. The van der Waals surface area contributed by atoms with Crippen molar-refractivity contribution in [3.05, 3.63) is 123 Å². The lowest BCUT2D eigenvalue weighted by atomic mass is 9.83. The number of anilines is 3. The Morgan fingerprint density at radius 1 is 0.848 bits per heavy atom. The second kappa shape index (κ2) is 12.6. The average molecular weight is 640 g/mol. The fourth-order valence-electron chi connectivity index (χ4n) is 7.18. The number of amides is 2. The number of hydrogen-bond donors (Lipinski definition) is 1. The minimum absolute atomic E-state index is 0.0212. The number of carbonyl (C=O) groups excluding carboxylic acids is 2. The molecule has 10 heteroatoms. The van der Waals surface area contributed by atoms with Crippen molar-refractivity contribution in [2.45, 2.75) is 25.3 Å². The quantitative estimate of drug-likeness (QED) is 0.305. The highest BCUT2D eigenvalue weighted by Gasteiger charge is 2.35. The molecule has 0 radical (unpaired) electrons. The molecule has 0 unspecified atom stereocenters. The van der Waals surface area contributed by atoms with Crippen molar-refractivity contribution in [2.24, 2.45) is 5.92 Å². The maximum atomic E-state index is 14.6. The van der Waals surface area contributed by atoms with Crippen molar-refractivity contribution in [3.8, 4) is 0 Å². The van der Waals surface area contributed by atoms with Gasteiger partial charge < -0.3 is 24.6 Å². The highest BCUT2D eigenvalue weighted by Crippen LogP contribution is 2.39. The smallest absolute Gasteiger partial charge is 0.254 e. The number of aromatic nitrogens is 1. The number of hydrogen-bond acceptors (Lipinski definition) is 5. The molecule has 0 aliphatic carbocycles. The van der Waals surface area contributed by atoms with Gasteiger partial charge in [0.1, 0.15) is 5.82 Å². The lowest BCUT2D eigenvalue weighted by Crippen LogP contribution is -2.49. The zero-order valence-corrected chi connectivity index (χ0v) is 26.1. The molecule has 2 atom stereocenters. The van der Waals surface area contributed by atoms with Gasteiger partial charge in [0, 0.05) is 85.3 Å². The van der Waals surface area contributed by atoms with Gasteiger partial charge in [-0.3, -0.25) is 14.4 Å². The Morgan fingerprint density at radius 2 is 1.63 bits per heavy atom. The van der Waals surface area contributed by atoms with Crippen LogP contribution in [0.4, 0.5) is 21.5 Å². The Kier molecular flexibility index (Phi) is 8.25. The fraction of sp³-hybridized carbons (Fsp3) is 0.306. The van der Waals surface area contributed by atoms with Crippen LogP contribution in [0.5, 0.6) is 0 Å². The van der Waals surface area contributed by atoms with E-state index < -0.39 is 11.7 Å². The minimum atomic E-state index is -0.542. The minimum Gasteiger partial charge on any atom is -0.369 e. The third kappa shape index (κ3) is 5.99. The maximum absolute atomic E-state index is 14.6. The van der Waals surface area contributed by atoms with Gasteiger partial charge in [-0.25, -0.2) is 4.39 Å². The van der Waals surface area contributed by atoms with Crippen LogP contribution in [0.2, 0.25) is 5.02 Å². The van der Waals surface area contributed by atoms with E-state index >= 15 is 0 Å². The Hall–Kier alpha value is -4.63. The summed E-state index contributed by atoms with van der Waals surface area (Å²) in [5.74, 6) is -0.655. The molecule has 2 amide bonds. The van der Waals surface area contributed by atoms with Gasteiger partial charge in [-0.05, 0) is 60.9 Å². The summed E-state index contributed by atoms with van der Waals surface area (Å²) in [4.78, 5) is 46.1. The van der Waals surface area contributed by atoms with Crippen LogP contribution in [-0.2, 0) is 17.8 Å². The zero-order valence-electron chi connectivity index (χ0n) is 25.4. The van der Waals surface area contributed by atoms with Crippen LogP contribution in [0.15, 0.2) is 89.7 Å². The molecule has 2 bridgehead atoms. The van der Waals surface area contributed by atoms with Crippen LogP contribution >= 0.6 is 11.6 Å². The summed E-state index contributed by atoms with van der Waals surface area (Å²) in [6, 6.07) is 25.4. The van der Waals surface area contributed by atoms with Crippen molar-refractivity contribution in [3.63, 3.8) is 0 Å². The molecule has 0 saturated carbocycles. The van der Waals surface area contributed by atoms with E-state index in [1.54, 1.807) is 18.2 Å². The zero-order chi connectivity index (χ0) is 31.8. The van der Waals surface area contributed by atoms with Crippen LogP contribution in [-0.4, -0.2) is 60.5 Å². The third-order valence-corrected chi connectivity index (χ3v) is 9.78. The summed E-state index contributed by atoms with van der Waals surface area (Å²) in [5, 5.41) is 3.18. The molecule has 236 valence electrons. The van der Waals surface area contributed by atoms with Crippen molar-refractivity contribution < 1.29 is 14.0 Å². The first-order chi connectivity index (χ1) is 22.3. The highest BCUT2D eigenvalue weighted by molar-refractivity contribution is 6.31. The molecule has 3 aliphatic rings. The van der Waals surface area contributed by atoms with E-state index in [1.807, 2.05) is 51.9 Å². The Balaban J connectivity index is 1.15. The molecule has 8 nitrogen and oxygen atoms in total. The predicted octanol–water partition coefficient (Wildman–Crippen LogP) is 5.41. The number of benzene rings is 3. The lowest BCUT2D eigenvalue weighted by molar-refractivity contribution is -0.115. The van der Waals surface area contributed by atoms with E-state index in [9.17, 15) is 18.8 Å². The highest BCUT2D eigenvalue weighted by atomic mass is 35.5. The first kappa shape index (κ1) is 30.0. The Morgan fingerprint density at radius 3 is 2.41 bits per heavy atom. The van der Waals surface area contributed by atoms with E-state index in [0.29, 0.717) is 44.0 Å². The molecule has 2 fully saturated rings. The van der Waals surface area contributed by atoms with Crippen LogP contribution in [0.3, 0.4) is 0 Å².